The number of aliphatic hydroxyl groups excluding tert-OH is 1. The first-order valence-electron chi connectivity index (χ1n) is 6.83. The Balaban J connectivity index is 1.79. The van der Waals surface area contributed by atoms with E-state index in [1.54, 1.807) is 12.5 Å². The number of benzene rings is 1. The summed E-state index contributed by atoms with van der Waals surface area (Å²) < 4.78 is 28.4. The van der Waals surface area contributed by atoms with Crippen molar-refractivity contribution in [2.45, 2.75) is 19.1 Å². The highest BCUT2D eigenvalue weighted by molar-refractivity contribution is 5.21. The molecule has 0 spiro atoms. The van der Waals surface area contributed by atoms with Crippen LogP contribution < -0.4 is 0 Å². The Kier molecular flexibility index (Phi) is 5.41. The molecule has 1 aromatic carbocycles. The van der Waals surface area contributed by atoms with E-state index in [0.717, 1.165) is 31.6 Å². The minimum atomic E-state index is -0.969. The summed E-state index contributed by atoms with van der Waals surface area (Å²) in [4.78, 5) is 5.88. The van der Waals surface area contributed by atoms with Crippen LogP contribution in [0.2, 0.25) is 0 Å². The normalized spacial score (nSPS) is 12.8. The Hall–Kier alpha value is -1.79. The third-order valence-electron chi connectivity index (χ3n) is 3.32. The molecular formula is C15H19F2N3O. The first-order chi connectivity index (χ1) is 10.1. The molecule has 0 saturated carbocycles. The third kappa shape index (κ3) is 4.61. The molecule has 6 heteroatoms. The quantitative estimate of drug-likeness (QED) is 0.851. The number of hydrogen-bond acceptors (Lipinski definition) is 3. The molecule has 0 amide bonds. The molecule has 2 rings (SSSR count). The van der Waals surface area contributed by atoms with Gasteiger partial charge in [-0.25, -0.2) is 13.8 Å². The monoisotopic (exact) mass is 295 g/mol. The maximum atomic E-state index is 13.6. The summed E-state index contributed by atoms with van der Waals surface area (Å²) in [7, 11) is 1.86. The van der Waals surface area contributed by atoms with Crippen molar-refractivity contribution in [3.8, 4) is 0 Å². The fourth-order valence-electron chi connectivity index (χ4n) is 2.20. The minimum Gasteiger partial charge on any atom is -0.387 e. The van der Waals surface area contributed by atoms with E-state index in [4.69, 9.17) is 0 Å². The predicted octanol–water partition coefficient (Wildman–Crippen LogP) is 2.22. The van der Waals surface area contributed by atoms with E-state index in [9.17, 15) is 13.9 Å². The summed E-state index contributed by atoms with van der Waals surface area (Å²) in [5.41, 5.74) is 0.123. The van der Waals surface area contributed by atoms with E-state index in [1.807, 2.05) is 22.7 Å². The summed E-state index contributed by atoms with van der Waals surface area (Å²) in [6, 6.07) is 3.23. The highest BCUT2D eigenvalue weighted by atomic mass is 19.1. The van der Waals surface area contributed by atoms with Gasteiger partial charge in [0.15, 0.2) is 0 Å². The SMILES string of the molecule is CN(CCCn1ccnc1)CC(O)c1ccc(F)cc1F. The van der Waals surface area contributed by atoms with Crippen LogP contribution in [0.15, 0.2) is 36.9 Å². The van der Waals surface area contributed by atoms with Gasteiger partial charge in [-0.3, -0.25) is 0 Å². The predicted molar refractivity (Wildman–Crippen MR) is 75.7 cm³/mol. The molecule has 1 unspecified atom stereocenters. The van der Waals surface area contributed by atoms with Gasteiger partial charge in [0.25, 0.3) is 0 Å². The smallest absolute Gasteiger partial charge is 0.131 e. The second kappa shape index (κ2) is 7.28. The number of rotatable bonds is 7. The van der Waals surface area contributed by atoms with Crippen LogP contribution in [0.1, 0.15) is 18.1 Å². The van der Waals surface area contributed by atoms with Crippen molar-refractivity contribution in [2.75, 3.05) is 20.1 Å². The van der Waals surface area contributed by atoms with Crippen LogP contribution in [0.4, 0.5) is 8.78 Å². The number of halogens is 2. The molecule has 1 atom stereocenters. The van der Waals surface area contributed by atoms with Crippen LogP contribution in [0.3, 0.4) is 0 Å². The molecule has 21 heavy (non-hydrogen) atoms. The zero-order chi connectivity index (χ0) is 15.2. The molecule has 0 radical (unpaired) electrons. The first kappa shape index (κ1) is 15.6. The fourth-order valence-corrected chi connectivity index (χ4v) is 2.20. The second-order valence-corrected chi connectivity index (χ2v) is 5.10. The molecule has 2 aromatic rings. The summed E-state index contributed by atoms with van der Waals surface area (Å²) in [5, 5.41) is 10.0. The number of aliphatic hydroxyl groups is 1. The number of nitrogens with zero attached hydrogens (tertiary/aromatic N) is 3. The summed E-state index contributed by atoms with van der Waals surface area (Å²) in [6.45, 7) is 1.90. The van der Waals surface area contributed by atoms with Crippen LogP contribution in [0, 0.1) is 11.6 Å². The van der Waals surface area contributed by atoms with Gasteiger partial charge in [0, 0.05) is 37.1 Å². The highest BCUT2D eigenvalue weighted by Gasteiger charge is 2.15. The molecule has 0 aliphatic rings. The van der Waals surface area contributed by atoms with Crippen LogP contribution in [0.5, 0.6) is 0 Å². The van der Waals surface area contributed by atoms with Crippen molar-refractivity contribution < 1.29 is 13.9 Å². The summed E-state index contributed by atoms with van der Waals surface area (Å²) >= 11 is 0. The Bertz CT molecular complexity index is 560. The van der Waals surface area contributed by atoms with E-state index < -0.39 is 17.7 Å². The Morgan fingerprint density at radius 3 is 2.86 bits per heavy atom. The van der Waals surface area contributed by atoms with E-state index in [1.165, 1.54) is 6.07 Å². The summed E-state index contributed by atoms with van der Waals surface area (Å²) in [6.07, 6.45) is 5.30. The Morgan fingerprint density at radius 1 is 1.38 bits per heavy atom. The van der Waals surface area contributed by atoms with E-state index in [2.05, 4.69) is 4.98 Å². The molecule has 114 valence electrons. The minimum absolute atomic E-state index is 0.123. The third-order valence-corrected chi connectivity index (χ3v) is 3.32. The molecule has 1 heterocycles. The zero-order valence-corrected chi connectivity index (χ0v) is 11.9. The molecule has 0 aliphatic heterocycles. The maximum Gasteiger partial charge on any atom is 0.131 e. The summed E-state index contributed by atoms with van der Waals surface area (Å²) in [5.74, 6) is -1.36. The largest absolute Gasteiger partial charge is 0.387 e. The molecule has 0 bridgehead atoms. The van der Waals surface area contributed by atoms with Crippen LogP contribution in [0.25, 0.3) is 0 Å². The van der Waals surface area contributed by atoms with E-state index >= 15 is 0 Å². The van der Waals surface area contributed by atoms with Crippen LogP contribution in [-0.2, 0) is 6.54 Å². The van der Waals surface area contributed by atoms with Gasteiger partial charge in [-0.1, -0.05) is 6.07 Å². The van der Waals surface area contributed by atoms with Gasteiger partial charge in [0.2, 0.25) is 0 Å². The van der Waals surface area contributed by atoms with Crippen molar-refractivity contribution in [1.29, 1.82) is 0 Å². The van der Waals surface area contributed by atoms with Crippen molar-refractivity contribution in [3.63, 3.8) is 0 Å². The molecule has 0 fully saturated rings. The Labute approximate surface area is 122 Å². The van der Waals surface area contributed by atoms with Gasteiger partial charge >= 0.3 is 0 Å². The molecule has 4 nitrogen and oxygen atoms in total. The van der Waals surface area contributed by atoms with Crippen molar-refractivity contribution in [2.24, 2.45) is 0 Å². The second-order valence-electron chi connectivity index (χ2n) is 5.10. The molecular weight excluding hydrogens is 276 g/mol. The van der Waals surface area contributed by atoms with Crippen LogP contribution in [-0.4, -0.2) is 39.7 Å². The van der Waals surface area contributed by atoms with Crippen molar-refractivity contribution in [1.82, 2.24) is 14.5 Å². The molecule has 0 saturated heterocycles. The number of imidazole rings is 1. The lowest BCUT2D eigenvalue weighted by molar-refractivity contribution is 0.122. The molecule has 1 N–H and O–H groups in total. The van der Waals surface area contributed by atoms with Gasteiger partial charge in [0.05, 0.1) is 12.4 Å². The lowest BCUT2D eigenvalue weighted by atomic mass is 10.1. The standard InChI is InChI=1S/C15H19F2N3O/c1-19(6-2-7-20-8-5-18-11-20)10-15(21)13-4-3-12(16)9-14(13)17/h3-5,8-9,11,15,21H,2,6-7,10H2,1H3. The van der Waals surface area contributed by atoms with Crippen molar-refractivity contribution >= 4 is 0 Å². The maximum absolute atomic E-state index is 13.6. The number of likely N-dealkylation sites (N-methyl/N-ethyl adjacent to an activating group) is 1. The zero-order valence-electron chi connectivity index (χ0n) is 11.9. The first-order valence-corrected chi connectivity index (χ1v) is 6.83. The lowest BCUT2D eigenvalue weighted by Gasteiger charge is -2.21. The fraction of sp³-hybridized carbons (Fsp3) is 0.400. The van der Waals surface area contributed by atoms with Gasteiger partial charge in [-0.2, -0.15) is 0 Å². The average Bonchev–Trinajstić information content (AvgIpc) is 2.91. The molecule has 1 aromatic heterocycles. The molecule has 0 aliphatic carbocycles. The van der Waals surface area contributed by atoms with Crippen LogP contribution >= 0.6 is 0 Å². The van der Waals surface area contributed by atoms with E-state index in [0.29, 0.717) is 6.54 Å². The Morgan fingerprint density at radius 2 is 2.19 bits per heavy atom. The number of hydrogen-bond donors (Lipinski definition) is 1. The highest BCUT2D eigenvalue weighted by Crippen LogP contribution is 2.18. The number of aromatic nitrogens is 2. The number of aryl methyl sites for hydroxylation is 1. The van der Waals surface area contributed by atoms with Gasteiger partial charge in [0.1, 0.15) is 11.6 Å². The van der Waals surface area contributed by atoms with Gasteiger partial charge in [-0.15, -0.1) is 0 Å². The van der Waals surface area contributed by atoms with Gasteiger partial charge in [-0.05, 0) is 26.1 Å². The van der Waals surface area contributed by atoms with Gasteiger partial charge < -0.3 is 14.6 Å². The van der Waals surface area contributed by atoms with Crippen molar-refractivity contribution in [3.05, 3.63) is 54.1 Å². The topological polar surface area (TPSA) is 41.3 Å². The average molecular weight is 295 g/mol. The lowest BCUT2D eigenvalue weighted by Crippen LogP contribution is -2.26. The van der Waals surface area contributed by atoms with E-state index in [-0.39, 0.29) is 5.56 Å².